The van der Waals surface area contributed by atoms with Gasteiger partial charge in [0, 0.05) is 0 Å². The molecule has 0 atom stereocenters. The van der Waals surface area contributed by atoms with E-state index in [1.807, 2.05) is 0 Å². The van der Waals surface area contributed by atoms with Crippen molar-refractivity contribution in [2.45, 2.75) is 6.61 Å². The molecule has 0 radical (unpaired) electrons. The molecule has 0 unspecified atom stereocenters. The Morgan fingerprint density at radius 2 is 2.00 bits per heavy atom. The van der Waals surface area contributed by atoms with Gasteiger partial charge in [-0.2, -0.15) is 8.78 Å². The molecule has 0 aliphatic carbocycles. The van der Waals surface area contributed by atoms with Crippen molar-refractivity contribution >= 4 is 28.9 Å². The van der Waals surface area contributed by atoms with Gasteiger partial charge in [-0.05, 0) is 36.5 Å². The standard InChI is InChI=1S/C10H8F2N2O2S/c11-9(12)16-7-3-1-6(2-4-7)14-8(15)5-13-10(14)17/h1-4,9H,5H2,(H,13,17). The molecule has 1 N–H and O–H groups in total. The number of carbonyl (C=O) groups excluding carboxylic acids is 1. The molecule has 4 nitrogen and oxygen atoms in total. The smallest absolute Gasteiger partial charge is 0.387 e. The van der Waals surface area contributed by atoms with Crippen molar-refractivity contribution in [1.82, 2.24) is 5.32 Å². The number of anilines is 1. The molecule has 1 aromatic rings. The summed E-state index contributed by atoms with van der Waals surface area (Å²) in [6.45, 7) is -2.72. The molecule has 0 saturated carbocycles. The minimum Gasteiger partial charge on any atom is -0.435 e. The highest BCUT2D eigenvalue weighted by Crippen LogP contribution is 2.22. The Hall–Kier alpha value is -1.76. The Morgan fingerprint density at radius 1 is 1.35 bits per heavy atom. The largest absolute Gasteiger partial charge is 0.435 e. The van der Waals surface area contributed by atoms with Crippen LogP contribution >= 0.6 is 12.2 Å². The number of halogens is 2. The molecule has 0 aromatic heterocycles. The van der Waals surface area contributed by atoms with E-state index in [4.69, 9.17) is 12.2 Å². The molecule has 1 aliphatic rings. The number of rotatable bonds is 3. The number of thiocarbonyl (C=S) groups is 1. The van der Waals surface area contributed by atoms with Gasteiger partial charge in [0.2, 0.25) is 0 Å². The van der Waals surface area contributed by atoms with Crippen molar-refractivity contribution in [1.29, 1.82) is 0 Å². The lowest BCUT2D eigenvalue weighted by atomic mass is 10.3. The van der Waals surface area contributed by atoms with E-state index in [0.29, 0.717) is 10.8 Å². The third kappa shape index (κ3) is 2.50. The summed E-state index contributed by atoms with van der Waals surface area (Å²) in [5.74, 6) is -0.146. The van der Waals surface area contributed by atoms with Crippen LogP contribution in [0.5, 0.6) is 5.75 Å². The summed E-state index contributed by atoms with van der Waals surface area (Å²) in [6.07, 6.45) is 0. The van der Waals surface area contributed by atoms with Crippen LogP contribution in [0.15, 0.2) is 24.3 Å². The van der Waals surface area contributed by atoms with Crippen LogP contribution in [0.2, 0.25) is 0 Å². The summed E-state index contributed by atoms with van der Waals surface area (Å²) in [7, 11) is 0. The van der Waals surface area contributed by atoms with E-state index < -0.39 is 6.61 Å². The molecule has 0 bridgehead atoms. The Balaban J connectivity index is 2.17. The second kappa shape index (κ2) is 4.62. The number of carbonyl (C=O) groups is 1. The predicted molar refractivity (Wildman–Crippen MR) is 61.2 cm³/mol. The summed E-state index contributed by atoms with van der Waals surface area (Å²) in [6, 6.07) is 5.70. The lowest BCUT2D eigenvalue weighted by molar-refractivity contribution is -0.115. The average molecular weight is 258 g/mol. The highest BCUT2D eigenvalue weighted by molar-refractivity contribution is 7.80. The third-order valence-electron chi connectivity index (χ3n) is 2.16. The molecule has 1 aromatic carbocycles. The minimum atomic E-state index is -2.86. The topological polar surface area (TPSA) is 41.6 Å². The van der Waals surface area contributed by atoms with Crippen LogP contribution in [-0.2, 0) is 4.79 Å². The third-order valence-corrected chi connectivity index (χ3v) is 2.49. The lowest BCUT2D eigenvalue weighted by Gasteiger charge is -2.15. The summed E-state index contributed by atoms with van der Waals surface area (Å²) in [4.78, 5) is 12.8. The van der Waals surface area contributed by atoms with Gasteiger partial charge in [0.25, 0.3) is 5.91 Å². The van der Waals surface area contributed by atoms with E-state index in [2.05, 4.69) is 10.1 Å². The monoisotopic (exact) mass is 258 g/mol. The normalized spacial score (nSPS) is 15.4. The first-order valence-electron chi connectivity index (χ1n) is 4.73. The molecule has 90 valence electrons. The van der Waals surface area contributed by atoms with Crippen molar-refractivity contribution in [2.75, 3.05) is 11.4 Å². The van der Waals surface area contributed by atoms with E-state index in [1.165, 1.54) is 29.2 Å². The number of hydrogen-bond acceptors (Lipinski definition) is 3. The van der Waals surface area contributed by atoms with Crippen LogP contribution in [0, 0.1) is 0 Å². The Bertz CT molecular complexity index is 434. The van der Waals surface area contributed by atoms with Crippen molar-refractivity contribution in [3.63, 3.8) is 0 Å². The highest BCUT2D eigenvalue weighted by Gasteiger charge is 2.26. The number of nitrogens with zero attached hydrogens (tertiary/aromatic N) is 1. The van der Waals surface area contributed by atoms with E-state index in [1.54, 1.807) is 0 Å². The van der Waals surface area contributed by atoms with Crippen molar-refractivity contribution in [3.05, 3.63) is 24.3 Å². The molecule has 7 heteroatoms. The molecule has 1 amide bonds. The van der Waals surface area contributed by atoms with E-state index in [9.17, 15) is 13.6 Å². The fourth-order valence-electron chi connectivity index (χ4n) is 1.46. The average Bonchev–Trinajstić information content (AvgIpc) is 2.59. The fraction of sp³-hybridized carbons (Fsp3) is 0.200. The molecule has 1 fully saturated rings. The molecule has 1 saturated heterocycles. The van der Waals surface area contributed by atoms with Gasteiger partial charge in [0.1, 0.15) is 5.75 Å². The number of nitrogens with one attached hydrogen (secondary N) is 1. The molecular formula is C10H8F2N2O2S. The lowest BCUT2D eigenvalue weighted by Crippen LogP contribution is -2.30. The SMILES string of the molecule is O=C1CNC(=S)N1c1ccc(OC(F)F)cc1. The fourth-order valence-corrected chi connectivity index (χ4v) is 1.74. The van der Waals surface area contributed by atoms with Gasteiger partial charge < -0.3 is 10.1 Å². The molecule has 2 rings (SSSR count). The van der Waals surface area contributed by atoms with Crippen LogP contribution in [0.3, 0.4) is 0 Å². The zero-order valence-electron chi connectivity index (χ0n) is 8.52. The molecule has 1 aliphatic heterocycles. The van der Waals surface area contributed by atoms with Gasteiger partial charge >= 0.3 is 6.61 Å². The molecular weight excluding hydrogens is 250 g/mol. The van der Waals surface area contributed by atoms with Gasteiger partial charge in [-0.1, -0.05) is 0 Å². The summed E-state index contributed by atoms with van der Waals surface area (Å²) in [5.41, 5.74) is 0.520. The van der Waals surface area contributed by atoms with Gasteiger partial charge in [-0.25, -0.2) is 0 Å². The van der Waals surface area contributed by atoms with E-state index >= 15 is 0 Å². The summed E-state index contributed by atoms with van der Waals surface area (Å²) < 4.78 is 28.1. The van der Waals surface area contributed by atoms with Crippen molar-refractivity contribution < 1.29 is 18.3 Å². The first-order chi connectivity index (χ1) is 8.08. The zero-order valence-corrected chi connectivity index (χ0v) is 9.34. The van der Waals surface area contributed by atoms with E-state index in [-0.39, 0.29) is 18.2 Å². The van der Waals surface area contributed by atoms with E-state index in [0.717, 1.165) is 0 Å². The van der Waals surface area contributed by atoms with Crippen molar-refractivity contribution in [2.24, 2.45) is 0 Å². The predicted octanol–water partition coefficient (Wildman–Crippen LogP) is 1.51. The van der Waals surface area contributed by atoms with Gasteiger partial charge in [0.05, 0.1) is 12.2 Å². The van der Waals surface area contributed by atoms with Gasteiger partial charge in [-0.15, -0.1) is 0 Å². The van der Waals surface area contributed by atoms with Crippen LogP contribution < -0.4 is 15.0 Å². The number of amides is 1. The number of alkyl halides is 2. The maximum absolute atomic E-state index is 11.9. The first-order valence-corrected chi connectivity index (χ1v) is 5.14. The zero-order chi connectivity index (χ0) is 12.4. The quantitative estimate of drug-likeness (QED) is 0.834. The summed E-state index contributed by atoms with van der Waals surface area (Å²) >= 11 is 4.95. The number of benzene rings is 1. The van der Waals surface area contributed by atoms with Crippen LogP contribution in [-0.4, -0.2) is 24.2 Å². The maximum atomic E-state index is 11.9. The van der Waals surface area contributed by atoms with Gasteiger partial charge in [-0.3, -0.25) is 9.69 Å². The Morgan fingerprint density at radius 3 is 2.47 bits per heavy atom. The molecule has 0 spiro atoms. The van der Waals surface area contributed by atoms with Crippen LogP contribution in [0.25, 0.3) is 0 Å². The van der Waals surface area contributed by atoms with Crippen LogP contribution in [0.4, 0.5) is 14.5 Å². The Kier molecular flexibility index (Phi) is 3.19. The summed E-state index contributed by atoms with van der Waals surface area (Å²) in [5, 5.41) is 3.02. The highest BCUT2D eigenvalue weighted by atomic mass is 32.1. The van der Waals surface area contributed by atoms with Crippen LogP contribution in [0.1, 0.15) is 0 Å². The molecule has 1 heterocycles. The maximum Gasteiger partial charge on any atom is 0.387 e. The molecule has 17 heavy (non-hydrogen) atoms. The minimum absolute atomic E-state index is 0.0364. The first kappa shape index (κ1) is 11.7. The van der Waals surface area contributed by atoms with Crippen molar-refractivity contribution in [3.8, 4) is 5.75 Å². The number of hydrogen-bond donors (Lipinski definition) is 1. The second-order valence-electron chi connectivity index (χ2n) is 3.26. The second-order valence-corrected chi connectivity index (χ2v) is 3.65. The Labute approximate surface area is 101 Å². The van der Waals surface area contributed by atoms with Gasteiger partial charge in [0.15, 0.2) is 5.11 Å². The number of ether oxygens (including phenoxy) is 1.